The van der Waals surface area contributed by atoms with Crippen LogP contribution in [-0.2, 0) is 4.79 Å². The molecule has 0 bridgehead atoms. The Labute approximate surface area is 132 Å². The summed E-state index contributed by atoms with van der Waals surface area (Å²) in [6.45, 7) is 1.97. The molecule has 6 heteroatoms. The second-order valence-electron chi connectivity index (χ2n) is 5.00. The number of carbonyl (C=O) groups is 2. The standard InChI is InChI=1S/C17H16F2N2O2/c1-11-4-2-3-5-13(11)17(23)20-9-8-16(22)21-12-6-7-14(18)15(19)10-12/h2-7,10H,8-9H2,1H3,(H,20,23)(H,21,22). The number of aryl methyl sites for hydroxylation is 1. The highest BCUT2D eigenvalue weighted by Gasteiger charge is 2.09. The molecule has 2 aromatic carbocycles. The molecule has 2 aromatic rings. The van der Waals surface area contributed by atoms with Gasteiger partial charge in [0.15, 0.2) is 11.6 Å². The van der Waals surface area contributed by atoms with E-state index in [2.05, 4.69) is 10.6 Å². The van der Waals surface area contributed by atoms with E-state index in [4.69, 9.17) is 0 Å². The number of hydrogen-bond donors (Lipinski definition) is 2. The Morgan fingerprint density at radius 3 is 2.48 bits per heavy atom. The minimum atomic E-state index is -1.03. The third kappa shape index (κ3) is 4.60. The van der Waals surface area contributed by atoms with Crippen molar-refractivity contribution in [1.29, 1.82) is 0 Å². The fraction of sp³-hybridized carbons (Fsp3) is 0.176. The van der Waals surface area contributed by atoms with Gasteiger partial charge in [-0.05, 0) is 30.7 Å². The average Bonchev–Trinajstić information content (AvgIpc) is 2.51. The molecular weight excluding hydrogens is 302 g/mol. The van der Waals surface area contributed by atoms with Crippen molar-refractivity contribution in [2.75, 3.05) is 11.9 Å². The minimum Gasteiger partial charge on any atom is -0.352 e. The first-order chi connectivity index (χ1) is 11.0. The van der Waals surface area contributed by atoms with Crippen LogP contribution >= 0.6 is 0 Å². The van der Waals surface area contributed by atoms with Gasteiger partial charge in [-0.3, -0.25) is 9.59 Å². The summed E-state index contributed by atoms with van der Waals surface area (Å²) in [5.41, 5.74) is 1.56. The first-order valence-corrected chi connectivity index (χ1v) is 7.06. The van der Waals surface area contributed by atoms with Crippen LogP contribution in [-0.4, -0.2) is 18.4 Å². The maximum Gasteiger partial charge on any atom is 0.251 e. The summed E-state index contributed by atoms with van der Waals surface area (Å²) < 4.78 is 25.8. The van der Waals surface area contributed by atoms with Gasteiger partial charge in [0.25, 0.3) is 5.91 Å². The van der Waals surface area contributed by atoms with Crippen molar-refractivity contribution in [3.63, 3.8) is 0 Å². The van der Waals surface area contributed by atoms with Crippen molar-refractivity contribution in [3.05, 3.63) is 65.2 Å². The van der Waals surface area contributed by atoms with Crippen LogP contribution in [0.1, 0.15) is 22.3 Å². The zero-order valence-electron chi connectivity index (χ0n) is 12.5. The Morgan fingerprint density at radius 1 is 1.04 bits per heavy atom. The number of carbonyl (C=O) groups excluding carboxylic acids is 2. The molecule has 0 aliphatic rings. The molecule has 0 saturated carbocycles. The number of anilines is 1. The zero-order chi connectivity index (χ0) is 16.8. The van der Waals surface area contributed by atoms with Crippen molar-refractivity contribution in [1.82, 2.24) is 5.32 Å². The normalized spacial score (nSPS) is 10.2. The van der Waals surface area contributed by atoms with E-state index in [1.165, 1.54) is 6.07 Å². The maximum absolute atomic E-state index is 13.0. The average molecular weight is 318 g/mol. The van der Waals surface area contributed by atoms with Crippen molar-refractivity contribution >= 4 is 17.5 Å². The number of hydrogen-bond acceptors (Lipinski definition) is 2. The number of rotatable bonds is 5. The third-order valence-corrected chi connectivity index (χ3v) is 3.23. The second-order valence-corrected chi connectivity index (χ2v) is 5.00. The molecule has 2 N–H and O–H groups in total. The highest BCUT2D eigenvalue weighted by Crippen LogP contribution is 2.13. The van der Waals surface area contributed by atoms with E-state index in [-0.39, 0.29) is 24.6 Å². The zero-order valence-corrected chi connectivity index (χ0v) is 12.5. The number of amides is 2. The monoisotopic (exact) mass is 318 g/mol. The summed E-state index contributed by atoms with van der Waals surface area (Å²) in [7, 11) is 0. The molecule has 2 amide bonds. The molecule has 0 aliphatic heterocycles. The van der Waals surface area contributed by atoms with Crippen molar-refractivity contribution in [2.45, 2.75) is 13.3 Å². The largest absolute Gasteiger partial charge is 0.352 e. The smallest absolute Gasteiger partial charge is 0.251 e. The van der Waals surface area contributed by atoms with E-state index in [0.717, 1.165) is 17.7 Å². The molecule has 0 unspecified atom stereocenters. The van der Waals surface area contributed by atoms with Gasteiger partial charge < -0.3 is 10.6 Å². The highest BCUT2D eigenvalue weighted by molar-refractivity contribution is 5.96. The Hall–Kier alpha value is -2.76. The van der Waals surface area contributed by atoms with E-state index in [0.29, 0.717) is 5.56 Å². The molecule has 0 atom stereocenters. The molecular formula is C17H16F2N2O2. The molecule has 0 aliphatic carbocycles. The van der Waals surface area contributed by atoms with Gasteiger partial charge in [-0.25, -0.2) is 8.78 Å². The lowest BCUT2D eigenvalue weighted by molar-refractivity contribution is -0.116. The predicted molar refractivity (Wildman–Crippen MR) is 83.1 cm³/mol. The molecule has 23 heavy (non-hydrogen) atoms. The molecule has 0 aromatic heterocycles. The lowest BCUT2D eigenvalue weighted by Crippen LogP contribution is -2.28. The van der Waals surface area contributed by atoms with Crippen LogP contribution in [0.4, 0.5) is 14.5 Å². The lowest BCUT2D eigenvalue weighted by atomic mass is 10.1. The maximum atomic E-state index is 13.0. The van der Waals surface area contributed by atoms with E-state index >= 15 is 0 Å². The quantitative estimate of drug-likeness (QED) is 0.890. The van der Waals surface area contributed by atoms with Gasteiger partial charge >= 0.3 is 0 Å². The summed E-state index contributed by atoms with van der Waals surface area (Å²) >= 11 is 0. The second kappa shape index (κ2) is 7.49. The molecule has 0 fully saturated rings. The number of benzene rings is 2. The molecule has 0 spiro atoms. The fourth-order valence-electron chi connectivity index (χ4n) is 2.01. The highest BCUT2D eigenvalue weighted by atomic mass is 19.2. The van der Waals surface area contributed by atoms with Gasteiger partial charge in [0.1, 0.15) is 0 Å². The summed E-state index contributed by atoms with van der Waals surface area (Å²) in [4.78, 5) is 23.7. The summed E-state index contributed by atoms with van der Waals surface area (Å²) in [5, 5.41) is 5.08. The summed E-state index contributed by atoms with van der Waals surface area (Å²) in [6, 6.07) is 10.2. The van der Waals surface area contributed by atoms with Crippen LogP contribution in [0.25, 0.3) is 0 Å². The van der Waals surface area contributed by atoms with Crippen LogP contribution < -0.4 is 10.6 Å². The van der Waals surface area contributed by atoms with Gasteiger partial charge in [-0.1, -0.05) is 18.2 Å². The van der Waals surface area contributed by atoms with Crippen LogP contribution in [0, 0.1) is 18.6 Å². The van der Waals surface area contributed by atoms with E-state index in [9.17, 15) is 18.4 Å². The summed E-state index contributed by atoms with van der Waals surface area (Å²) in [5.74, 6) is -2.67. The van der Waals surface area contributed by atoms with E-state index < -0.39 is 17.5 Å². The Bertz CT molecular complexity index is 732. The van der Waals surface area contributed by atoms with Crippen LogP contribution in [0.15, 0.2) is 42.5 Å². The topological polar surface area (TPSA) is 58.2 Å². The number of nitrogens with one attached hydrogen (secondary N) is 2. The first-order valence-electron chi connectivity index (χ1n) is 7.06. The van der Waals surface area contributed by atoms with Crippen LogP contribution in [0.5, 0.6) is 0 Å². The molecule has 0 heterocycles. The predicted octanol–water partition coefficient (Wildman–Crippen LogP) is 3.03. The van der Waals surface area contributed by atoms with Crippen molar-refractivity contribution < 1.29 is 18.4 Å². The van der Waals surface area contributed by atoms with Gasteiger partial charge in [0.05, 0.1) is 0 Å². The van der Waals surface area contributed by atoms with Gasteiger partial charge in [-0.2, -0.15) is 0 Å². The van der Waals surface area contributed by atoms with Crippen LogP contribution in [0.3, 0.4) is 0 Å². The molecule has 0 saturated heterocycles. The first kappa shape index (κ1) is 16.6. The summed E-state index contributed by atoms with van der Waals surface area (Å²) in [6.07, 6.45) is 0.0244. The molecule has 2 rings (SSSR count). The molecule has 0 radical (unpaired) electrons. The lowest BCUT2D eigenvalue weighted by Gasteiger charge is -2.08. The van der Waals surface area contributed by atoms with E-state index in [1.54, 1.807) is 12.1 Å². The Kier molecular flexibility index (Phi) is 5.41. The molecule has 120 valence electrons. The third-order valence-electron chi connectivity index (χ3n) is 3.23. The van der Waals surface area contributed by atoms with Crippen molar-refractivity contribution in [3.8, 4) is 0 Å². The minimum absolute atomic E-state index is 0.0244. The number of halogens is 2. The van der Waals surface area contributed by atoms with E-state index in [1.807, 2.05) is 19.1 Å². The van der Waals surface area contributed by atoms with Crippen LogP contribution in [0.2, 0.25) is 0 Å². The fourth-order valence-corrected chi connectivity index (χ4v) is 2.01. The van der Waals surface area contributed by atoms with Gasteiger partial charge in [-0.15, -0.1) is 0 Å². The Morgan fingerprint density at radius 2 is 1.78 bits per heavy atom. The van der Waals surface area contributed by atoms with Crippen molar-refractivity contribution in [2.24, 2.45) is 0 Å². The SMILES string of the molecule is Cc1ccccc1C(=O)NCCC(=O)Nc1ccc(F)c(F)c1. The Balaban J connectivity index is 1.82. The molecule has 4 nitrogen and oxygen atoms in total. The van der Waals surface area contributed by atoms with Gasteiger partial charge in [0.2, 0.25) is 5.91 Å². The van der Waals surface area contributed by atoms with Gasteiger partial charge in [0, 0.05) is 30.3 Å².